The minimum absolute atomic E-state index is 0.263. The predicted octanol–water partition coefficient (Wildman–Crippen LogP) is 2.23. The van der Waals surface area contributed by atoms with E-state index in [1.165, 1.54) is 0 Å². The van der Waals surface area contributed by atoms with Gasteiger partial charge in [0.15, 0.2) is 0 Å². The Balaban J connectivity index is 2.71. The summed E-state index contributed by atoms with van der Waals surface area (Å²) in [6.45, 7) is 1.93. The van der Waals surface area contributed by atoms with Gasteiger partial charge in [-0.25, -0.2) is 4.68 Å². The zero-order valence-electron chi connectivity index (χ0n) is 7.31. The second kappa shape index (κ2) is 2.94. The van der Waals surface area contributed by atoms with Crippen LogP contribution in [0.25, 0.3) is 17.1 Å². The highest BCUT2D eigenvalue weighted by atomic mass is 16.3. The molecule has 2 rings (SSSR count). The van der Waals surface area contributed by atoms with Crippen molar-refractivity contribution in [2.75, 3.05) is 0 Å². The van der Waals surface area contributed by atoms with Gasteiger partial charge in [0, 0.05) is 17.7 Å². The van der Waals surface area contributed by atoms with E-state index in [1.807, 2.05) is 25.3 Å². The summed E-state index contributed by atoms with van der Waals surface area (Å²) in [5.74, 6) is 0.263. The van der Waals surface area contributed by atoms with Crippen molar-refractivity contribution in [3.05, 3.63) is 30.5 Å². The molecule has 0 atom stereocenters. The van der Waals surface area contributed by atoms with Crippen LogP contribution in [0.1, 0.15) is 6.92 Å². The summed E-state index contributed by atoms with van der Waals surface area (Å²) in [5.41, 5.74) is 0.915. The summed E-state index contributed by atoms with van der Waals surface area (Å²) < 4.78 is 1.73. The molecule has 0 aliphatic carbocycles. The number of phenolic OH excluding ortho intramolecular Hbond substituents is 1. The van der Waals surface area contributed by atoms with E-state index in [0.29, 0.717) is 0 Å². The van der Waals surface area contributed by atoms with Crippen molar-refractivity contribution < 1.29 is 5.11 Å². The van der Waals surface area contributed by atoms with Crippen LogP contribution in [0.15, 0.2) is 30.5 Å². The molecule has 0 spiro atoms. The lowest BCUT2D eigenvalue weighted by Crippen LogP contribution is -1.86. The normalized spacial score (nSPS) is 11.5. The van der Waals surface area contributed by atoms with Gasteiger partial charge >= 0.3 is 0 Å². The molecule has 0 aliphatic heterocycles. The topological polar surface area (TPSA) is 38.0 Å². The van der Waals surface area contributed by atoms with Gasteiger partial charge in [-0.2, -0.15) is 5.10 Å². The quantitative estimate of drug-likeness (QED) is 0.719. The number of allylic oxidation sites excluding steroid dienone is 1. The van der Waals surface area contributed by atoms with Crippen molar-refractivity contribution in [2.45, 2.75) is 6.92 Å². The Morgan fingerprint density at radius 1 is 1.46 bits per heavy atom. The van der Waals surface area contributed by atoms with Gasteiger partial charge in [-0.15, -0.1) is 0 Å². The fourth-order valence-corrected chi connectivity index (χ4v) is 1.29. The van der Waals surface area contributed by atoms with Gasteiger partial charge in [0.05, 0.1) is 11.7 Å². The van der Waals surface area contributed by atoms with Crippen LogP contribution in [0.4, 0.5) is 0 Å². The molecule has 0 fully saturated rings. The van der Waals surface area contributed by atoms with Crippen LogP contribution in [0.5, 0.6) is 5.75 Å². The molecule has 1 heterocycles. The monoisotopic (exact) mass is 174 g/mol. The van der Waals surface area contributed by atoms with Crippen molar-refractivity contribution in [3.8, 4) is 5.75 Å². The summed E-state index contributed by atoms with van der Waals surface area (Å²) in [6, 6.07) is 5.20. The highest BCUT2D eigenvalue weighted by molar-refractivity contribution is 5.81. The van der Waals surface area contributed by atoms with Crippen molar-refractivity contribution in [1.29, 1.82) is 0 Å². The zero-order valence-corrected chi connectivity index (χ0v) is 7.31. The SMILES string of the molecule is C/C=C/n1ncc2ccc(O)cc21. The number of aromatic hydroxyl groups is 1. The Hall–Kier alpha value is -1.77. The zero-order chi connectivity index (χ0) is 9.26. The summed E-state index contributed by atoms with van der Waals surface area (Å²) in [6.07, 6.45) is 5.52. The van der Waals surface area contributed by atoms with Gasteiger partial charge in [0.2, 0.25) is 0 Å². The Morgan fingerprint density at radius 3 is 3.08 bits per heavy atom. The highest BCUT2D eigenvalue weighted by Gasteiger charge is 1.99. The van der Waals surface area contributed by atoms with E-state index in [1.54, 1.807) is 23.0 Å². The first-order valence-electron chi connectivity index (χ1n) is 4.10. The van der Waals surface area contributed by atoms with Crippen LogP contribution in [0, 0.1) is 0 Å². The lowest BCUT2D eigenvalue weighted by molar-refractivity contribution is 0.476. The lowest BCUT2D eigenvalue weighted by atomic mass is 10.2. The molecule has 66 valence electrons. The molecule has 0 unspecified atom stereocenters. The number of benzene rings is 1. The average Bonchev–Trinajstić information content (AvgIpc) is 2.49. The predicted molar refractivity (Wildman–Crippen MR) is 52.4 cm³/mol. The van der Waals surface area contributed by atoms with E-state index >= 15 is 0 Å². The third-order valence-electron chi connectivity index (χ3n) is 1.87. The molecule has 3 nitrogen and oxygen atoms in total. The van der Waals surface area contributed by atoms with Crippen LogP contribution in [-0.4, -0.2) is 14.9 Å². The first-order chi connectivity index (χ1) is 6.31. The molecular weight excluding hydrogens is 164 g/mol. The van der Waals surface area contributed by atoms with Crippen molar-refractivity contribution in [1.82, 2.24) is 9.78 Å². The van der Waals surface area contributed by atoms with Gasteiger partial charge < -0.3 is 5.11 Å². The Kier molecular flexibility index (Phi) is 1.77. The molecule has 0 bridgehead atoms. The van der Waals surface area contributed by atoms with Crippen LogP contribution in [0.3, 0.4) is 0 Å². The van der Waals surface area contributed by atoms with Crippen molar-refractivity contribution >= 4 is 17.1 Å². The number of fused-ring (bicyclic) bond motifs is 1. The smallest absolute Gasteiger partial charge is 0.117 e. The lowest BCUT2D eigenvalue weighted by Gasteiger charge is -1.95. The number of rotatable bonds is 1. The Bertz CT molecular complexity index is 457. The van der Waals surface area contributed by atoms with Gasteiger partial charge in [0.25, 0.3) is 0 Å². The molecule has 2 aromatic rings. The van der Waals surface area contributed by atoms with Crippen LogP contribution >= 0.6 is 0 Å². The number of nitrogens with zero attached hydrogens (tertiary/aromatic N) is 2. The van der Waals surface area contributed by atoms with Gasteiger partial charge in [-0.1, -0.05) is 6.08 Å². The minimum atomic E-state index is 0.263. The molecule has 3 heteroatoms. The molecule has 0 saturated heterocycles. The molecule has 13 heavy (non-hydrogen) atoms. The van der Waals surface area contributed by atoms with E-state index in [0.717, 1.165) is 10.9 Å². The summed E-state index contributed by atoms with van der Waals surface area (Å²) in [4.78, 5) is 0. The van der Waals surface area contributed by atoms with Crippen molar-refractivity contribution in [3.63, 3.8) is 0 Å². The van der Waals surface area contributed by atoms with Crippen LogP contribution < -0.4 is 0 Å². The van der Waals surface area contributed by atoms with E-state index in [9.17, 15) is 5.11 Å². The number of phenols is 1. The fourth-order valence-electron chi connectivity index (χ4n) is 1.29. The maximum absolute atomic E-state index is 9.28. The second-order valence-electron chi connectivity index (χ2n) is 2.81. The third-order valence-corrected chi connectivity index (χ3v) is 1.87. The first-order valence-corrected chi connectivity index (χ1v) is 4.10. The second-order valence-corrected chi connectivity index (χ2v) is 2.81. The molecule has 0 radical (unpaired) electrons. The van der Waals surface area contributed by atoms with E-state index in [4.69, 9.17) is 0 Å². The number of hydrogen-bond donors (Lipinski definition) is 1. The first kappa shape index (κ1) is 7.86. The fraction of sp³-hybridized carbons (Fsp3) is 0.100. The number of hydrogen-bond acceptors (Lipinski definition) is 2. The van der Waals surface area contributed by atoms with Gasteiger partial charge in [-0.05, 0) is 19.1 Å². The molecular formula is C10H10N2O. The van der Waals surface area contributed by atoms with Gasteiger partial charge in [0.1, 0.15) is 5.75 Å². The van der Waals surface area contributed by atoms with E-state index in [-0.39, 0.29) is 5.75 Å². The summed E-state index contributed by atoms with van der Waals surface area (Å²) >= 11 is 0. The molecule has 0 saturated carbocycles. The number of aromatic nitrogens is 2. The largest absolute Gasteiger partial charge is 0.508 e. The van der Waals surface area contributed by atoms with Crippen LogP contribution in [0.2, 0.25) is 0 Å². The average molecular weight is 174 g/mol. The van der Waals surface area contributed by atoms with Crippen LogP contribution in [-0.2, 0) is 0 Å². The van der Waals surface area contributed by atoms with Crippen molar-refractivity contribution in [2.24, 2.45) is 0 Å². The van der Waals surface area contributed by atoms with E-state index < -0.39 is 0 Å². The minimum Gasteiger partial charge on any atom is -0.508 e. The third kappa shape index (κ3) is 1.28. The maximum atomic E-state index is 9.28. The molecule has 0 amide bonds. The standard InChI is InChI=1S/C10H10N2O/c1-2-5-12-10-6-9(13)4-3-8(10)7-11-12/h2-7,13H,1H3/b5-2+. The molecule has 0 aliphatic rings. The molecule has 1 aromatic heterocycles. The molecule has 1 aromatic carbocycles. The van der Waals surface area contributed by atoms with E-state index in [2.05, 4.69) is 5.10 Å². The summed E-state index contributed by atoms with van der Waals surface area (Å²) in [7, 11) is 0. The highest BCUT2D eigenvalue weighted by Crippen LogP contribution is 2.19. The molecule has 1 N–H and O–H groups in total. The van der Waals surface area contributed by atoms with Gasteiger partial charge in [-0.3, -0.25) is 0 Å². The Morgan fingerprint density at radius 2 is 2.31 bits per heavy atom. The maximum Gasteiger partial charge on any atom is 0.117 e. The summed E-state index contributed by atoms with van der Waals surface area (Å²) in [5, 5.41) is 14.4. The Labute approximate surface area is 75.9 Å².